The van der Waals surface area contributed by atoms with Gasteiger partial charge in [-0.25, -0.2) is 0 Å². The Hall–Kier alpha value is -2.55. The van der Waals surface area contributed by atoms with E-state index in [0.29, 0.717) is 12.2 Å². The van der Waals surface area contributed by atoms with Crippen molar-refractivity contribution in [3.8, 4) is 23.0 Å². The zero-order valence-corrected chi connectivity index (χ0v) is 20.3. The molecule has 2 aliphatic rings. The molecular formula is C24H20Br2N2O4. The van der Waals surface area contributed by atoms with Crippen LogP contribution in [0.5, 0.6) is 23.0 Å². The lowest BCUT2D eigenvalue weighted by Crippen LogP contribution is -2.33. The highest BCUT2D eigenvalue weighted by Crippen LogP contribution is 2.40. The number of aliphatic imine (C=N–C) groups is 1. The fourth-order valence-electron chi connectivity index (χ4n) is 4.04. The third-order valence-electron chi connectivity index (χ3n) is 5.60. The maximum atomic E-state index is 10.6. The molecule has 0 fully saturated rings. The van der Waals surface area contributed by atoms with Gasteiger partial charge in [-0.15, -0.1) is 0 Å². The van der Waals surface area contributed by atoms with Gasteiger partial charge in [0.05, 0.1) is 7.11 Å². The summed E-state index contributed by atoms with van der Waals surface area (Å²) in [5.74, 6) is 2.41. The first-order chi connectivity index (χ1) is 15.5. The topological polar surface area (TPSA) is 72.3 Å². The summed E-state index contributed by atoms with van der Waals surface area (Å²) in [6, 6.07) is 17.0. The van der Waals surface area contributed by atoms with Gasteiger partial charge in [0, 0.05) is 38.2 Å². The lowest BCUT2D eigenvalue weighted by molar-refractivity contribution is 0.174. The van der Waals surface area contributed by atoms with E-state index >= 15 is 0 Å². The van der Waals surface area contributed by atoms with E-state index in [1.807, 2.05) is 48.5 Å². The van der Waals surface area contributed by atoms with Crippen molar-refractivity contribution < 1.29 is 19.3 Å². The average molecular weight is 560 g/mol. The lowest BCUT2D eigenvalue weighted by Gasteiger charge is -2.31. The molecule has 5 rings (SSSR count). The van der Waals surface area contributed by atoms with Crippen LogP contribution in [0.25, 0.3) is 0 Å². The van der Waals surface area contributed by atoms with Crippen molar-refractivity contribution in [2.24, 2.45) is 4.99 Å². The van der Waals surface area contributed by atoms with E-state index < -0.39 is 0 Å². The van der Waals surface area contributed by atoms with Crippen LogP contribution in [0.1, 0.15) is 35.3 Å². The number of nitrogens with zero attached hydrogens (tertiary/aromatic N) is 1. The summed E-state index contributed by atoms with van der Waals surface area (Å²) >= 11 is 7.08. The van der Waals surface area contributed by atoms with Crippen LogP contribution in [0.3, 0.4) is 0 Å². The summed E-state index contributed by atoms with van der Waals surface area (Å²) in [5, 5.41) is 14.2. The number of hydrogen-bond acceptors (Lipinski definition) is 6. The lowest BCUT2D eigenvalue weighted by atomic mass is 9.93. The van der Waals surface area contributed by atoms with Crippen LogP contribution >= 0.6 is 31.9 Å². The van der Waals surface area contributed by atoms with Gasteiger partial charge in [-0.05, 0) is 60.2 Å². The highest BCUT2D eigenvalue weighted by molar-refractivity contribution is 9.10. The molecule has 0 aromatic heterocycles. The number of rotatable bonds is 4. The number of benzene rings is 3. The van der Waals surface area contributed by atoms with Crippen LogP contribution in [-0.2, 0) is 0 Å². The molecule has 0 amide bonds. The molecule has 2 atom stereocenters. The molecule has 0 aliphatic carbocycles. The normalized spacial score (nSPS) is 19.5. The van der Waals surface area contributed by atoms with Crippen LogP contribution in [-0.4, -0.2) is 24.7 Å². The van der Waals surface area contributed by atoms with E-state index in [2.05, 4.69) is 37.2 Å². The Kier molecular flexibility index (Phi) is 5.84. The van der Waals surface area contributed by atoms with Crippen LogP contribution < -0.4 is 19.5 Å². The molecule has 3 aromatic carbocycles. The molecule has 2 aliphatic heterocycles. The molecule has 0 unspecified atom stereocenters. The Labute approximate surface area is 202 Å². The number of fused-ring (bicyclic) bond motifs is 1. The predicted molar refractivity (Wildman–Crippen MR) is 129 cm³/mol. The summed E-state index contributed by atoms with van der Waals surface area (Å²) in [6.45, 7) is 0.221. The van der Waals surface area contributed by atoms with Gasteiger partial charge in [0.1, 0.15) is 17.7 Å². The first-order valence-electron chi connectivity index (χ1n) is 10.1. The van der Waals surface area contributed by atoms with Crippen molar-refractivity contribution in [1.29, 1.82) is 0 Å². The first kappa shape index (κ1) is 21.3. The summed E-state index contributed by atoms with van der Waals surface area (Å²) < 4.78 is 18.5. The number of methoxy groups -OCH3 is 1. The molecule has 0 radical (unpaired) electrons. The zero-order chi connectivity index (χ0) is 22.2. The summed E-state index contributed by atoms with van der Waals surface area (Å²) in [6.07, 6.45) is 0.219. The molecule has 6 nitrogen and oxygen atoms in total. The minimum atomic E-state index is -0.375. The third kappa shape index (κ3) is 4.10. The predicted octanol–water partition coefficient (Wildman–Crippen LogP) is 5.88. The second kappa shape index (κ2) is 8.77. The molecule has 0 spiro atoms. The fraction of sp³-hybridized carbons (Fsp3) is 0.208. The van der Waals surface area contributed by atoms with Gasteiger partial charge in [-0.1, -0.05) is 31.9 Å². The van der Waals surface area contributed by atoms with Gasteiger partial charge in [0.2, 0.25) is 6.79 Å². The summed E-state index contributed by atoms with van der Waals surface area (Å²) in [4.78, 5) is 5.04. The number of phenolic OH excluding ortho intramolecular Hbond substituents is 1. The van der Waals surface area contributed by atoms with Crippen LogP contribution in [0.15, 0.2) is 68.5 Å². The minimum Gasteiger partial charge on any atom is -0.508 e. The highest BCUT2D eigenvalue weighted by Gasteiger charge is 2.30. The van der Waals surface area contributed by atoms with E-state index in [-0.39, 0.29) is 24.8 Å². The monoisotopic (exact) mass is 558 g/mol. The van der Waals surface area contributed by atoms with E-state index in [1.165, 1.54) is 0 Å². The number of ether oxygens (including phenoxy) is 3. The Morgan fingerprint density at radius 2 is 1.72 bits per heavy atom. The molecule has 0 bridgehead atoms. The third-order valence-corrected chi connectivity index (χ3v) is 6.59. The summed E-state index contributed by atoms with van der Waals surface area (Å²) in [5.41, 5.74) is 3.55. The van der Waals surface area contributed by atoms with Crippen molar-refractivity contribution >= 4 is 37.6 Å². The van der Waals surface area contributed by atoms with E-state index in [0.717, 1.165) is 42.8 Å². The van der Waals surface area contributed by atoms with Crippen LogP contribution in [0.2, 0.25) is 0 Å². The van der Waals surface area contributed by atoms with Gasteiger partial charge in [0.25, 0.3) is 0 Å². The first-order valence-corrected chi connectivity index (χ1v) is 11.6. The number of phenols is 1. The van der Waals surface area contributed by atoms with Gasteiger partial charge in [-0.3, -0.25) is 10.3 Å². The second-order valence-electron chi connectivity index (χ2n) is 7.56. The SMILES string of the molecule is COc1ccc(Br)cc1[C@@H]1N=C(c2ccc3c(c2)OCO3)C[C@@H](c2cc(Br)ccc2O)N1. The van der Waals surface area contributed by atoms with Crippen molar-refractivity contribution in [3.63, 3.8) is 0 Å². The summed E-state index contributed by atoms with van der Waals surface area (Å²) in [7, 11) is 1.65. The average Bonchev–Trinajstić information content (AvgIpc) is 3.28. The number of halogens is 2. The fourth-order valence-corrected chi connectivity index (χ4v) is 4.80. The van der Waals surface area contributed by atoms with E-state index in [1.54, 1.807) is 13.2 Å². The highest BCUT2D eigenvalue weighted by atomic mass is 79.9. The molecule has 0 saturated heterocycles. The Bertz CT molecular complexity index is 1210. The maximum Gasteiger partial charge on any atom is 0.231 e. The van der Waals surface area contributed by atoms with E-state index in [9.17, 15) is 5.11 Å². The second-order valence-corrected chi connectivity index (χ2v) is 9.39. The van der Waals surface area contributed by atoms with Gasteiger partial charge >= 0.3 is 0 Å². The zero-order valence-electron chi connectivity index (χ0n) is 17.1. The smallest absolute Gasteiger partial charge is 0.231 e. The minimum absolute atomic E-state index is 0.167. The van der Waals surface area contributed by atoms with Gasteiger partial charge in [-0.2, -0.15) is 0 Å². The molecule has 164 valence electrons. The molecule has 3 aromatic rings. The largest absolute Gasteiger partial charge is 0.508 e. The number of hydrogen-bond donors (Lipinski definition) is 2. The Morgan fingerprint density at radius 3 is 2.53 bits per heavy atom. The maximum absolute atomic E-state index is 10.6. The molecular weight excluding hydrogens is 540 g/mol. The number of nitrogens with one attached hydrogen (secondary N) is 1. The standard InChI is InChI=1S/C24H20Br2N2O4/c1-30-21-7-4-15(26)10-17(21)24-27-18(13-2-6-22-23(8-13)32-12-31-22)11-19(28-24)16-9-14(25)3-5-20(16)29/h2-10,19,24,28-29H,11-12H2,1H3/t19-,24+/m0/s1. The molecule has 2 heterocycles. The van der Waals surface area contributed by atoms with Crippen molar-refractivity contribution in [1.82, 2.24) is 5.32 Å². The van der Waals surface area contributed by atoms with Crippen LogP contribution in [0, 0.1) is 0 Å². The van der Waals surface area contributed by atoms with Crippen molar-refractivity contribution in [2.75, 3.05) is 13.9 Å². The van der Waals surface area contributed by atoms with Gasteiger partial charge in [0.15, 0.2) is 11.5 Å². The Morgan fingerprint density at radius 1 is 0.969 bits per heavy atom. The van der Waals surface area contributed by atoms with E-state index in [4.69, 9.17) is 19.2 Å². The molecule has 32 heavy (non-hydrogen) atoms. The quantitative estimate of drug-likeness (QED) is 0.418. The molecule has 8 heteroatoms. The van der Waals surface area contributed by atoms with Crippen LogP contribution in [0.4, 0.5) is 0 Å². The molecule has 0 saturated carbocycles. The molecule has 2 N–H and O–H groups in total. The van der Waals surface area contributed by atoms with Crippen molar-refractivity contribution in [3.05, 3.63) is 80.2 Å². The Balaban J connectivity index is 1.61. The number of aromatic hydroxyl groups is 1. The van der Waals surface area contributed by atoms with Crippen molar-refractivity contribution in [2.45, 2.75) is 18.6 Å². The van der Waals surface area contributed by atoms with Gasteiger partial charge < -0.3 is 19.3 Å².